The average molecular weight is 308 g/mol. The fourth-order valence-corrected chi connectivity index (χ4v) is 3.65. The number of hydrogen-bond acceptors (Lipinski definition) is 2. The van der Waals surface area contributed by atoms with E-state index in [0.717, 1.165) is 25.7 Å². The Kier molecular flexibility index (Phi) is 4.77. The van der Waals surface area contributed by atoms with Gasteiger partial charge in [-0.15, -0.1) is 0 Å². The van der Waals surface area contributed by atoms with Crippen LogP contribution in [0.1, 0.15) is 36.3 Å². The zero-order chi connectivity index (χ0) is 16.2. The molecule has 0 heterocycles. The van der Waals surface area contributed by atoms with Gasteiger partial charge in [0, 0.05) is 5.92 Å². The van der Waals surface area contributed by atoms with E-state index in [9.17, 15) is 4.79 Å². The molecule has 3 nitrogen and oxygen atoms in total. The molecule has 0 bridgehead atoms. The molecule has 1 amide bonds. The first kappa shape index (κ1) is 15.8. The molecule has 3 rings (SSSR count). The summed E-state index contributed by atoms with van der Waals surface area (Å²) in [6, 6.07) is 17.1. The van der Waals surface area contributed by atoms with Crippen molar-refractivity contribution in [2.24, 2.45) is 17.4 Å². The van der Waals surface area contributed by atoms with Crippen molar-refractivity contribution in [2.45, 2.75) is 31.6 Å². The topological polar surface area (TPSA) is 69.1 Å². The van der Waals surface area contributed by atoms with Crippen LogP contribution in [0.3, 0.4) is 0 Å². The molecule has 1 aliphatic carbocycles. The van der Waals surface area contributed by atoms with E-state index in [0.29, 0.717) is 6.54 Å². The summed E-state index contributed by atoms with van der Waals surface area (Å²) in [5.41, 5.74) is 16.0. The number of benzene rings is 2. The number of carbonyl (C=O) groups excluding carboxylic acids is 1. The fraction of sp³-hybridized carbons (Fsp3) is 0.350. The lowest BCUT2D eigenvalue weighted by molar-refractivity contribution is -0.122. The molecular weight excluding hydrogens is 284 g/mol. The van der Waals surface area contributed by atoms with Crippen LogP contribution in [0.15, 0.2) is 48.5 Å². The first-order chi connectivity index (χ1) is 11.2. The second kappa shape index (κ2) is 6.97. The minimum absolute atomic E-state index is 0.00334. The van der Waals surface area contributed by atoms with E-state index in [2.05, 4.69) is 48.5 Å². The first-order valence-corrected chi connectivity index (χ1v) is 8.37. The third-order valence-corrected chi connectivity index (χ3v) is 4.94. The van der Waals surface area contributed by atoms with Crippen LogP contribution in [0, 0.1) is 5.92 Å². The van der Waals surface area contributed by atoms with Crippen LogP contribution in [0.25, 0.3) is 11.1 Å². The van der Waals surface area contributed by atoms with E-state index in [1.165, 1.54) is 22.3 Å². The minimum atomic E-state index is -0.160. The van der Waals surface area contributed by atoms with Crippen LogP contribution in [0.4, 0.5) is 0 Å². The molecule has 0 aliphatic heterocycles. The largest absolute Gasteiger partial charge is 0.369 e. The summed E-state index contributed by atoms with van der Waals surface area (Å²) in [5, 5.41) is 0. The minimum Gasteiger partial charge on any atom is -0.369 e. The van der Waals surface area contributed by atoms with Gasteiger partial charge in [-0.1, -0.05) is 55.0 Å². The molecule has 1 saturated carbocycles. The maximum Gasteiger partial charge on any atom is 0.221 e. The molecule has 4 N–H and O–H groups in total. The molecule has 0 radical (unpaired) electrons. The number of hydrogen-bond donors (Lipinski definition) is 2. The fourth-order valence-electron chi connectivity index (χ4n) is 3.65. The second-order valence-electron chi connectivity index (χ2n) is 6.40. The van der Waals surface area contributed by atoms with Crippen molar-refractivity contribution >= 4 is 5.91 Å². The monoisotopic (exact) mass is 308 g/mol. The Morgan fingerprint density at radius 1 is 0.957 bits per heavy atom. The Morgan fingerprint density at radius 3 is 2.13 bits per heavy atom. The number of nitrogens with two attached hydrogens (primary N) is 2. The molecule has 23 heavy (non-hydrogen) atoms. The van der Waals surface area contributed by atoms with Gasteiger partial charge >= 0.3 is 0 Å². The SMILES string of the molecule is NCCc1ccc(-c2ccc(C3CCCC3C(N)=O)cc2)cc1. The third kappa shape index (κ3) is 3.45. The van der Waals surface area contributed by atoms with Crippen LogP contribution in [-0.4, -0.2) is 12.5 Å². The lowest BCUT2D eigenvalue weighted by Gasteiger charge is -2.17. The van der Waals surface area contributed by atoms with Gasteiger partial charge in [0.2, 0.25) is 5.91 Å². The molecule has 0 saturated heterocycles. The number of carbonyl (C=O) groups is 1. The van der Waals surface area contributed by atoms with Gasteiger partial charge in [-0.2, -0.15) is 0 Å². The van der Waals surface area contributed by atoms with Crippen molar-refractivity contribution in [3.63, 3.8) is 0 Å². The van der Waals surface area contributed by atoms with Crippen LogP contribution < -0.4 is 11.5 Å². The summed E-state index contributed by atoms with van der Waals surface area (Å²) in [7, 11) is 0. The maximum atomic E-state index is 11.6. The highest BCUT2D eigenvalue weighted by atomic mass is 16.1. The summed E-state index contributed by atoms with van der Waals surface area (Å²) in [6.45, 7) is 0.677. The van der Waals surface area contributed by atoms with Crippen molar-refractivity contribution in [3.8, 4) is 11.1 Å². The molecule has 3 heteroatoms. The highest BCUT2D eigenvalue weighted by Gasteiger charge is 2.32. The normalized spacial score (nSPS) is 20.6. The lowest BCUT2D eigenvalue weighted by Crippen LogP contribution is -2.25. The van der Waals surface area contributed by atoms with E-state index in [1.807, 2.05) is 0 Å². The van der Waals surface area contributed by atoms with Gasteiger partial charge in [-0.05, 0) is 54.0 Å². The number of amides is 1. The Labute approximate surface area is 137 Å². The zero-order valence-corrected chi connectivity index (χ0v) is 13.4. The van der Waals surface area contributed by atoms with Gasteiger partial charge in [0.05, 0.1) is 0 Å². The summed E-state index contributed by atoms with van der Waals surface area (Å²) < 4.78 is 0. The molecule has 2 atom stereocenters. The molecular formula is C20H24N2O. The Bertz CT molecular complexity index is 661. The van der Waals surface area contributed by atoms with E-state index in [1.54, 1.807) is 0 Å². The van der Waals surface area contributed by atoms with Crippen LogP contribution >= 0.6 is 0 Å². The summed E-state index contributed by atoms with van der Waals surface area (Å²) >= 11 is 0. The first-order valence-electron chi connectivity index (χ1n) is 8.37. The zero-order valence-electron chi connectivity index (χ0n) is 13.4. The van der Waals surface area contributed by atoms with Gasteiger partial charge in [0.25, 0.3) is 0 Å². The predicted molar refractivity (Wildman–Crippen MR) is 93.9 cm³/mol. The highest BCUT2D eigenvalue weighted by molar-refractivity contribution is 5.78. The second-order valence-corrected chi connectivity index (χ2v) is 6.40. The van der Waals surface area contributed by atoms with Crippen LogP contribution in [0.5, 0.6) is 0 Å². The van der Waals surface area contributed by atoms with Crippen LogP contribution in [-0.2, 0) is 11.2 Å². The summed E-state index contributed by atoms with van der Waals surface area (Å²) in [5.74, 6) is 0.122. The molecule has 2 aromatic rings. The van der Waals surface area contributed by atoms with Crippen molar-refractivity contribution in [3.05, 3.63) is 59.7 Å². The molecule has 0 aromatic heterocycles. The van der Waals surface area contributed by atoms with Crippen molar-refractivity contribution in [2.75, 3.05) is 6.54 Å². The molecule has 2 aromatic carbocycles. The van der Waals surface area contributed by atoms with Crippen molar-refractivity contribution in [1.82, 2.24) is 0 Å². The van der Waals surface area contributed by atoms with Crippen molar-refractivity contribution in [1.29, 1.82) is 0 Å². The Balaban J connectivity index is 1.77. The maximum absolute atomic E-state index is 11.6. The summed E-state index contributed by atoms with van der Waals surface area (Å²) in [6.07, 6.45) is 3.98. The third-order valence-electron chi connectivity index (χ3n) is 4.94. The van der Waals surface area contributed by atoms with Gasteiger partial charge in [0.1, 0.15) is 0 Å². The number of primary amides is 1. The Morgan fingerprint density at radius 2 is 1.57 bits per heavy atom. The highest BCUT2D eigenvalue weighted by Crippen LogP contribution is 2.39. The van der Waals surface area contributed by atoms with E-state index in [4.69, 9.17) is 11.5 Å². The van der Waals surface area contributed by atoms with E-state index >= 15 is 0 Å². The molecule has 1 fully saturated rings. The smallest absolute Gasteiger partial charge is 0.221 e. The van der Waals surface area contributed by atoms with Gasteiger partial charge in [-0.3, -0.25) is 4.79 Å². The van der Waals surface area contributed by atoms with Gasteiger partial charge < -0.3 is 11.5 Å². The molecule has 1 aliphatic rings. The molecule has 2 unspecified atom stereocenters. The summed E-state index contributed by atoms with van der Waals surface area (Å²) in [4.78, 5) is 11.6. The quantitative estimate of drug-likeness (QED) is 0.890. The standard InChI is InChI=1S/C20H24N2O/c21-13-12-14-4-6-15(7-5-14)16-8-10-17(11-9-16)18-2-1-3-19(18)20(22)23/h4-11,18-19H,1-3,12-13,21H2,(H2,22,23). The molecule has 120 valence electrons. The Hall–Kier alpha value is -2.13. The molecule has 0 spiro atoms. The number of rotatable bonds is 5. The van der Waals surface area contributed by atoms with E-state index < -0.39 is 0 Å². The van der Waals surface area contributed by atoms with Gasteiger partial charge in [0.15, 0.2) is 0 Å². The predicted octanol–water partition coefficient (Wildman–Crippen LogP) is 3.22. The van der Waals surface area contributed by atoms with Gasteiger partial charge in [-0.25, -0.2) is 0 Å². The van der Waals surface area contributed by atoms with Crippen LogP contribution in [0.2, 0.25) is 0 Å². The van der Waals surface area contributed by atoms with E-state index in [-0.39, 0.29) is 17.7 Å². The lowest BCUT2D eigenvalue weighted by atomic mass is 9.87. The average Bonchev–Trinajstić information content (AvgIpc) is 3.06. The van der Waals surface area contributed by atoms with Crippen molar-refractivity contribution < 1.29 is 4.79 Å².